The second-order valence-corrected chi connectivity index (χ2v) is 7.67. The first-order chi connectivity index (χ1) is 12.1. The van der Waals surface area contributed by atoms with Crippen LogP contribution in [0, 0.1) is 0 Å². The molecule has 5 nitrogen and oxygen atoms in total. The highest BCUT2D eigenvalue weighted by Crippen LogP contribution is 2.36. The lowest BCUT2D eigenvalue weighted by molar-refractivity contribution is 0.0234. The first-order valence-corrected chi connectivity index (χ1v) is 9.40. The summed E-state index contributed by atoms with van der Waals surface area (Å²) in [5, 5.41) is 0.926. The van der Waals surface area contributed by atoms with E-state index in [-0.39, 0.29) is 12.1 Å². The summed E-state index contributed by atoms with van der Waals surface area (Å²) in [4.78, 5) is 18.9. The molecule has 4 rings (SSSR count). The molecular formula is C18H15BrN2O3S. The number of carbonyl (C=O) groups is 1. The van der Waals surface area contributed by atoms with Crippen molar-refractivity contribution in [2.45, 2.75) is 6.10 Å². The van der Waals surface area contributed by atoms with E-state index in [9.17, 15) is 4.79 Å². The van der Waals surface area contributed by atoms with Crippen molar-refractivity contribution in [3.8, 4) is 5.75 Å². The van der Waals surface area contributed by atoms with Gasteiger partial charge in [-0.25, -0.2) is 9.78 Å². The molecule has 1 aliphatic rings. The summed E-state index contributed by atoms with van der Waals surface area (Å²) in [5.41, 5.74) is 1.44. The third-order valence-corrected chi connectivity index (χ3v) is 5.67. The highest BCUT2D eigenvalue weighted by atomic mass is 79.9. The molecular weight excluding hydrogens is 404 g/mol. The number of thiazole rings is 1. The number of ether oxygens (including phenoxy) is 2. The zero-order valence-electron chi connectivity index (χ0n) is 13.4. The maximum absolute atomic E-state index is 12.1. The van der Waals surface area contributed by atoms with Crippen LogP contribution < -0.4 is 9.64 Å². The Morgan fingerprint density at radius 1 is 1.24 bits per heavy atom. The summed E-state index contributed by atoms with van der Waals surface area (Å²) in [7, 11) is 1.65. The van der Waals surface area contributed by atoms with Gasteiger partial charge in [-0.1, -0.05) is 33.3 Å². The molecule has 0 spiro atoms. The number of halogens is 1. The number of carbonyl (C=O) groups excluding carboxylic acids is 1. The summed E-state index contributed by atoms with van der Waals surface area (Å²) < 4.78 is 12.9. The standard InChI is InChI=1S/C18H15BrN2O3S/c1-23-14-3-2-4-15-16(14)20-18(25-15)21-9-13(10-21)24-17(22)11-5-7-12(19)8-6-11/h2-8,13H,9-10H2,1H3. The Kier molecular flexibility index (Phi) is 4.35. The lowest BCUT2D eigenvalue weighted by Crippen LogP contribution is -2.53. The quantitative estimate of drug-likeness (QED) is 0.596. The fourth-order valence-electron chi connectivity index (χ4n) is 2.69. The maximum Gasteiger partial charge on any atom is 0.338 e. The molecule has 3 aromatic rings. The topological polar surface area (TPSA) is 51.7 Å². The zero-order chi connectivity index (χ0) is 17.4. The molecule has 25 heavy (non-hydrogen) atoms. The molecule has 0 saturated carbocycles. The van der Waals surface area contributed by atoms with Gasteiger partial charge < -0.3 is 14.4 Å². The van der Waals surface area contributed by atoms with Crippen molar-refractivity contribution in [1.82, 2.24) is 4.98 Å². The normalized spacial score (nSPS) is 14.4. The molecule has 1 aromatic heterocycles. The van der Waals surface area contributed by atoms with E-state index in [0.717, 1.165) is 25.6 Å². The number of para-hydroxylation sites is 1. The third kappa shape index (κ3) is 3.21. The lowest BCUT2D eigenvalue weighted by Gasteiger charge is -2.38. The largest absolute Gasteiger partial charge is 0.494 e. The molecule has 0 bridgehead atoms. The van der Waals surface area contributed by atoms with Crippen LogP contribution in [0.3, 0.4) is 0 Å². The van der Waals surface area contributed by atoms with Gasteiger partial charge in [-0.2, -0.15) is 0 Å². The van der Waals surface area contributed by atoms with E-state index in [1.165, 1.54) is 0 Å². The SMILES string of the molecule is COc1cccc2sc(N3CC(OC(=O)c4ccc(Br)cc4)C3)nc12. The Balaban J connectivity index is 1.40. The van der Waals surface area contributed by atoms with Crippen LogP contribution in [-0.2, 0) is 4.74 Å². The molecule has 0 radical (unpaired) electrons. The summed E-state index contributed by atoms with van der Waals surface area (Å²) >= 11 is 4.97. The summed E-state index contributed by atoms with van der Waals surface area (Å²) in [6.07, 6.45) is -0.106. The number of methoxy groups -OCH3 is 1. The minimum absolute atomic E-state index is 0.106. The Morgan fingerprint density at radius 3 is 2.72 bits per heavy atom. The molecule has 0 aliphatic carbocycles. The first-order valence-electron chi connectivity index (χ1n) is 7.79. The van der Waals surface area contributed by atoms with Crippen LogP contribution in [0.4, 0.5) is 5.13 Å². The second-order valence-electron chi connectivity index (χ2n) is 5.74. The smallest absolute Gasteiger partial charge is 0.338 e. The van der Waals surface area contributed by atoms with Gasteiger partial charge in [0, 0.05) is 4.47 Å². The monoisotopic (exact) mass is 418 g/mol. The highest BCUT2D eigenvalue weighted by Gasteiger charge is 2.32. The summed E-state index contributed by atoms with van der Waals surface area (Å²) in [5.74, 6) is 0.488. The summed E-state index contributed by atoms with van der Waals surface area (Å²) in [6.45, 7) is 1.31. The van der Waals surface area contributed by atoms with E-state index in [0.29, 0.717) is 18.7 Å². The van der Waals surface area contributed by atoms with Gasteiger partial charge in [-0.15, -0.1) is 0 Å². The number of aromatic nitrogens is 1. The number of hydrogen-bond donors (Lipinski definition) is 0. The molecule has 1 saturated heterocycles. The molecule has 2 aromatic carbocycles. The average Bonchev–Trinajstić information content (AvgIpc) is 3.01. The molecule has 7 heteroatoms. The molecule has 128 valence electrons. The Morgan fingerprint density at radius 2 is 2.00 bits per heavy atom. The van der Waals surface area contributed by atoms with Crippen molar-refractivity contribution >= 4 is 48.6 Å². The predicted octanol–water partition coefficient (Wildman–Crippen LogP) is 4.11. The Bertz CT molecular complexity index is 920. The van der Waals surface area contributed by atoms with E-state index in [2.05, 4.69) is 25.8 Å². The number of benzene rings is 2. The second kappa shape index (κ2) is 6.65. The molecule has 0 N–H and O–H groups in total. The van der Waals surface area contributed by atoms with E-state index in [1.54, 1.807) is 30.6 Å². The van der Waals surface area contributed by atoms with Gasteiger partial charge in [0.1, 0.15) is 17.4 Å². The van der Waals surface area contributed by atoms with Crippen molar-refractivity contribution in [1.29, 1.82) is 0 Å². The molecule has 0 amide bonds. The molecule has 0 atom stereocenters. The average molecular weight is 419 g/mol. The van der Waals surface area contributed by atoms with Crippen LogP contribution in [0.5, 0.6) is 5.75 Å². The van der Waals surface area contributed by atoms with E-state index >= 15 is 0 Å². The fraction of sp³-hybridized carbons (Fsp3) is 0.222. The van der Waals surface area contributed by atoms with E-state index in [1.807, 2.05) is 30.3 Å². The van der Waals surface area contributed by atoms with Crippen molar-refractivity contribution in [2.24, 2.45) is 0 Å². The molecule has 0 unspecified atom stereocenters. The highest BCUT2D eigenvalue weighted by molar-refractivity contribution is 9.10. The van der Waals surface area contributed by atoms with Gasteiger partial charge in [0.25, 0.3) is 0 Å². The van der Waals surface area contributed by atoms with Gasteiger partial charge in [-0.3, -0.25) is 0 Å². The van der Waals surface area contributed by atoms with Crippen LogP contribution in [-0.4, -0.2) is 37.3 Å². The van der Waals surface area contributed by atoms with Crippen LogP contribution in [0.1, 0.15) is 10.4 Å². The van der Waals surface area contributed by atoms with Crippen LogP contribution in [0.25, 0.3) is 10.2 Å². The minimum atomic E-state index is -0.289. The Labute approximate surface area is 157 Å². The number of anilines is 1. The van der Waals surface area contributed by atoms with Gasteiger partial charge in [0.15, 0.2) is 5.13 Å². The predicted molar refractivity (Wildman–Crippen MR) is 102 cm³/mol. The van der Waals surface area contributed by atoms with Crippen molar-refractivity contribution in [2.75, 3.05) is 25.1 Å². The van der Waals surface area contributed by atoms with Gasteiger partial charge in [0.05, 0.1) is 30.5 Å². The molecule has 2 heterocycles. The lowest BCUT2D eigenvalue weighted by atomic mass is 10.2. The Hall–Kier alpha value is -2.12. The van der Waals surface area contributed by atoms with Crippen LogP contribution in [0.15, 0.2) is 46.9 Å². The van der Waals surface area contributed by atoms with Gasteiger partial charge >= 0.3 is 5.97 Å². The third-order valence-electron chi connectivity index (χ3n) is 4.06. The van der Waals surface area contributed by atoms with Crippen LogP contribution in [0.2, 0.25) is 0 Å². The first kappa shape index (κ1) is 16.4. The van der Waals surface area contributed by atoms with E-state index in [4.69, 9.17) is 9.47 Å². The maximum atomic E-state index is 12.1. The fourth-order valence-corrected chi connectivity index (χ4v) is 3.95. The van der Waals surface area contributed by atoms with E-state index < -0.39 is 0 Å². The number of fused-ring (bicyclic) bond motifs is 1. The van der Waals surface area contributed by atoms with Crippen molar-refractivity contribution < 1.29 is 14.3 Å². The van der Waals surface area contributed by atoms with Gasteiger partial charge in [0.2, 0.25) is 0 Å². The van der Waals surface area contributed by atoms with Gasteiger partial charge in [-0.05, 0) is 36.4 Å². The molecule has 1 fully saturated rings. The molecule has 1 aliphatic heterocycles. The van der Waals surface area contributed by atoms with Crippen molar-refractivity contribution in [3.05, 3.63) is 52.5 Å². The summed E-state index contributed by atoms with van der Waals surface area (Å²) in [6, 6.07) is 13.1. The number of nitrogens with zero attached hydrogens (tertiary/aromatic N) is 2. The van der Waals surface area contributed by atoms with Crippen LogP contribution >= 0.6 is 27.3 Å². The van der Waals surface area contributed by atoms with Crippen molar-refractivity contribution in [3.63, 3.8) is 0 Å². The minimum Gasteiger partial charge on any atom is -0.494 e. The number of hydrogen-bond acceptors (Lipinski definition) is 6. The number of rotatable bonds is 4. The zero-order valence-corrected chi connectivity index (χ0v) is 15.8. The number of esters is 1.